The summed E-state index contributed by atoms with van der Waals surface area (Å²) < 4.78 is 2.41. The van der Waals surface area contributed by atoms with E-state index in [4.69, 9.17) is 0 Å². The SMILES string of the molecule is O=c1nc(-c2ccccc2)nc2sc(Br)c(-c3ccccc3)n12. The van der Waals surface area contributed by atoms with Crippen LogP contribution in [0.1, 0.15) is 0 Å². The molecule has 2 aromatic heterocycles. The molecule has 0 aliphatic carbocycles. The van der Waals surface area contributed by atoms with Crippen LogP contribution in [0.25, 0.3) is 27.6 Å². The van der Waals surface area contributed by atoms with Crippen molar-refractivity contribution < 1.29 is 0 Å². The zero-order chi connectivity index (χ0) is 15.8. The number of halogens is 1. The van der Waals surface area contributed by atoms with Crippen molar-refractivity contribution >= 4 is 32.2 Å². The Balaban J connectivity index is 1.99. The standard InChI is InChI=1S/C17H10BrN3OS/c18-14-13(11-7-3-1-4-8-11)21-16(22)19-15(20-17(21)23-14)12-9-5-2-6-10-12/h1-10H. The van der Waals surface area contributed by atoms with Crippen LogP contribution < -0.4 is 5.69 Å². The minimum atomic E-state index is -0.324. The molecule has 4 nitrogen and oxygen atoms in total. The highest BCUT2D eigenvalue weighted by Crippen LogP contribution is 2.34. The van der Waals surface area contributed by atoms with Crippen LogP contribution >= 0.6 is 27.3 Å². The molecule has 0 atom stereocenters. The van der Waals surface area contributed by atoms with E-state index in [0.29, 0.717) is 10.8 Å². The number of rotatable bonds is 2. The smallest absolute Gasteiger partial charge is 0.245 e. The first-order valence-corrected chi connectivity index (χ1v) is 8.55. The van der Waals surface area contributed by atoms with Crippen LogP contribution in [0.3, 0.4) is 0 Å². The first-order valence-electron chi connectivity index (χ1n) is 6.94. The highest BCUT2D eigenvalue weighted by molar-refractivity contribution is 9.11. The zero-order valence-corrected chi connectivity index (χ0v) is 14.2. The predicted molar refractivity (Wildman–Crippen MR) is 95.7 cm³/mol. The number of nitrogens with zero attached hydrogens (tertiary/aromatic N) is 3. The summed E-state index contributed by atoms with van der Waals surface area (Å²) in [5, 5.41) is 0. The molecule has 0 aliphatic heterocycles. The summed E-state index contributed by atoms with van der Waals surface area (Å²) in [6.07, 6.45) is 0. The van der Waals surface area contributed by atoms with Crippen molar-refractivity contribution in [3.8, 4) is 22.6 Å². The molecule has 6 heteroatoms. The lowest BCUT2D eigenvalue weighted by molar-refractivity contribution is 0.972. The van der Waals surface area contributed by atoms with E-state index in [0.717, 1.165) is 20.6 Å². The quantitative estimate of drug-likeness (QED) is 0.519. The molecule has 0 radical (unpaired) electrons. The van der Waals surface area contributed by atoms with Gasteiger partial charge in [0.15, 0.2) is 5.82 Å². The fraction of sp³-hybridized carbons (Fsp3) is 0. The summed E-state index contributed by atoms with van der Waals surface area (Å²) >= 11 is 4.98. The van der Waals surface area contributed by atoms with E-state index >= 15 is 0 Å². The van der Waals surface area contributed by atoms with Crippen LogP contribution in [-0.4, -0.2) is 14.4 Å². The fourth-order valence-electron chi connectivity index (χ4n) is 2.42. The highest BCUT2D eigenvalue weighted by Gasteiger charge is 2.16. The van der Waals surface area contributed by atoms with Crippen molar-refractivity contribution in [2.75, 3.05) is 0 Å². The van der Waals surface area contributed by atoms with E-state index in [-0.39, 0.29) is 5.69 Å². The third kappa shape index (κ3) is 2.50. The Hall–Kier alpha value is -2.31. The maximum Gasteiger partial charge on any atom is 0.356 e. The molecule has 0 aliphatic rings. The second kappa shape index (κ2) is 5.72. The van der Waals surface area contributed by atoms with Gasteiger partial charge in [0.25, 0.3) is 0 Å². The number of hydrogen-bond acceptors (Lipinski definition) is 4. The Labute approximate surface area is 144 Å². The molecule has 112 valence electrons. The van der Waals surface area contributed by atoms with Crippen molar-refractivity contribution in [1.29, 1.82) is 0 Å². The van der Waals surface area contributed by atoms with Crippen LogP contribution in [-0.2, 0) is 0 Å². The van der Waals surface area contributed by atoms with Crippen LogP contribution in [0.4, 0.5) is 0 Å². The first kappa shape index (κ1) is 14.3. The van der Waals surface area contributed by atoms with E-state index in [9.17, 15) is 4.79 Å². The predicted octanol–water partition coefficient (Wildman–Crippen LogP) is 4.25. The van der Waals surface area contributed by atoms with Gasteiger partial charge in [0.1, 0.15) is 0 Å². The van der Waals surface area contributed by atoms with E-state index < -0.39 is 0 Å². The van der Waals surface area contributed by atoms with Gasteiger partial charge in [0.05, 0.1) is 9.48 Å². The Morgan fingerprint density at radius 3 is 2.13 bits per heavy atom. The lowest BCUT2D eigenvalue weighted by Gasteiger charge is -2.03. The number of aromatic nitrogens is 3. The van der Waals surface area contributed by atoms with Gasteiger partial charge in [0.2, 0.25) is 4.96 Å². The lowest BCUT2D eigenvalue weighted by Crippen LogP contribution is -2.18. The van der Waals surface area contributed by atoms with Crippen molar-refractivity contribution in [1.82, 2.24) is 14.4 Å². The fourth-order valence-corrected chi connectivity index (χ4v) is 4.12. The molecule has 0 N–H and O–H groups in total. The first-order chi connectivity index (χ1) is 11.2. The van der Waals surface area contributed by atoms with Gasteiger partial charge in [-0.2, -0.15) is 9.97 Å². The maximum atomic E-state index is 12.6. The van der Waals surface area contributed by atoms with E-state index in [1.54, 1.807) is 4.40 Å². The van der Waals surface area contributed by atoms with Gasteiger partial charge in [0, 0.05) is 11.1 Å². The van der Waals surface area contributed by atoms with Crippen LogP contribution in [0, 0.1) is 0 Å². The summed E-state index contributed by atoms with van der Waals surface area (Å²) in [5.74, 6) is 0.448. The largest absolute Gasteiger partial charge is 0.356 e. The van der Waals surface area contributed by atoms with Gasteiger partial charge in [-0.15, -0.1) is 0 Å². The molecule has 0 unspecified atom stereocenters. The zero-order valence-electron chi connectivity index (χ0n) is 11.8. The number of benzene rings is 2. The summed E-state index contributed by atoms with van der Waals surface area (Å²) in [6, 6.07) is 19.3. The second-order valence-corrected chi connectivity index (χ2v) is 7.20. The molecule has 4 aromatic rings. The molecule has 0 amide bonds. The van der Waals surface area contributed by atoms with Gasteiger partial charge in [-0.3, -0.25) is 0 Å². The summed E-state index contributed by atoms with van der Waals surface area (Å²) in [7, 11) is 0. The number of hydrogen-bond donors (Lipinski definition) is 0. The molecule has 4 rings (SSSR count). The molecule has 2 heterocycles. The monoisotopic (exact) mass is 383 g/mol. The highest BCUT2D eigenvalue weighted by atomic mass is 79.9. The van der Waals surface area contributed by atoms with Crippen molar-refractivity contribution in [3.63, 3.8) is 0 Å². The molecular formula is C17H10BrN3OS. The normalized spacial score (nSPS) is 11.0. The molecule has 0 fully saturated rings. The third-order valence-corrected chi connectivity index (χ3v) is 5.15. The van der Waals surface area contributed by atoms with Crippen molar-refractivity contribution in [2.24, 2.45) is 0 Å². The summed E-state index contributed by atoms with van der Waals surface area (Å²) in [5.41, 5.74) is 2.24. The molecule has 23 heavy (non-hydrogen) atoms. The Bertz CT molecular complexity index is 1040. The molecule has 0 saturated carbocycles. The number of fused-ring (bicyclic) bond motifs is 1. The summed E-state index contributed by atoms with van der Waals surface area (Å²) in [4.78, 5) is 21.9. The number of thiazole rings is 1. The van der Waals surface area contributed by atoms with Crippen molar-refractivity contribution in [2.45, 2.75) is 0 Å². The molecular weight excluding hydrogens is 374 g/mol. The van der Waals surface area contributed by atoms with Crippen LogP contribution in [0.15, 0.2) is 69.2 Å². The molecule has 0 saturated heterocycles. The van der Waals surface area contributed by atoms with E-state index in [1.807, 2.05) is 60.7 Å². The topological polar surface area (TPSA) is 47.3 Å². The Morgan fingerprint density at radius 1 is 0.870 bits per heavy atom. The minimum Gasteiger partial charge on any atom is -0.245 e. The van der Waals surface area contributed by atoms with E-state index in [2.05, 4.69) is 25.9 Å². The van der Waals surface area contributed by atoms with Gasteiger partial charge < -0.3 is 0 Å². The van der Waals surface area contributed by atoms with Gasteiger partial charge in [-0.1, -0.05) is 72.0 Å². The van der Waals surface area contributed by atoms with E-state index in [1.165, 1.54) is 11.3 Å². The average molecular weight is 384 g/mol. The van der Waals surface area contributed by atoms with Crippen LogP contribution in [0.5, 0.6) is 0 Å². The molecule has 0 bridgehead atoms. The second-order valence-electron chi connectivity index (χ2n) is 4.90. The Morgan fingerprint density at radius 2 is 1.48 bits per heavy atom. The van der Waals surface area contributed by atoms with Crippen molar-refractivity contribution in [3.05, 3.63) is 74.9 Å². The lowest BCUT2D eigenvalue weighted by atomic mass is 10.2. The maximum absolute atomic E-state index is 12.6. The van der Waals surface area contributed by atoms with Crippen LogP contribution in [0.2, 0.25) is 0 Å². The van der Waals surface area contributed by atoms with Gasteiger partial charge in [-0.25, -0.2) is 9.20 Å². The summed E-state index contributed by atoms with van der Waals surface area (Å²) in [6.45, 7) is 0. The molecule has 0 spiro atoms. The van der Waals surface area contributed by atoms with Gasteiger partial charge in [-0.05, 0) is 15.9 Å². The minimum absolute atomic E-state index is 0.324. The molecule has 2 aromatic carbocycles. The average Bonchev–Trinajstić information content (AvgIpc) is 2.93. The third-order valence-electron chi connectivity index (χ3n) is 3.46. The van der Waals surface area contributed by atoms with Gasteiger partial charge >= 0.3 is 5.69 Å². The Kier molecular flexibility index (Phi) is 3.55.